The number of halogens is 2. The SMILES string of the molecule is CS(=O)(=O)N[C@@H](Cc1ccc(OC(F)F)cc1)C(=O)O. The van der Waals surface area contributed by atoms with Crippen LogP contribution in [0.4, 0.5) is 8.78 Å². The molecule has 2 N–H and O–H groups in total. The molecule has 0 aliphatic rings. The Balaban J connectivity index is 2.76. The van der Waals surface area contributed by atoms with E-state index in [1.807, 2.05) is 4.72 Å². The number of carboxylic acid groups (broad SMARTS) is 1. The van der Waals surface area contributed by atoms with E-state index >= 15 is 0 Å². The van der Waals surface area contributed by atoms with Crippen molar-refractivity contribution in [3.63, 3.8) is 0 Å². The second-order valence-corrected chi connectivity index (χ2v) is 5.79. The van der Waals surface area contributed by atoms with E-state index in [2.05, 4.69) is 4.74 Å². The van der Waals surface area contributed by atoms with E-state index in [0.29, 0.717) is 5.56 Å². The summed E-state index contributed by atoms with van der Waals surface area (Å²) in [5, 5.41) is 8.92. The van der Waals surface area contributed by atoms with Crippen molar-refractivity contribution in [2.24, 2.45) is 0 Å². The largest absolute Gasteiger partial charge is 0.480 e. The molecule has 0 saturated heterocycles. The van der Waals surface area contributed by atoms with Crippen LogP contribution in [0.3, 0.4) is 0 Å². The van der Waals surface area contributed by atoms with E-state index in [1.165, 1.54) is 24.3 Å². The quantitative estimate of drug-likeness (QED) is 0.778. The lowest BCUT2D eigenvalue weighted by molar-refractivity contribution is -0.138. The van der Waals surface area contributed by atoms with Gasteiger partial charge in [0.05, 0.1) is 6.26 Å². The van der Waals surface area contributed by atoms with Gasteiger partial charge in [-0.15, -0.1) is 0 Å². The average molecular weight is 309 g/mol. The maximum atomic E-state index is 11.9. The van der Waals surface area contributed by atoms with E-state index in [4.69, 9.17) is 5.11 Å². The molecule has 1 aromatic carbocycles. The molecule has 0 bridgehead atoms. The van der Waals surface area contributed by atoms with Crippen LogP contribution >= 0.6 is 0 Å². The van der Waals surface area contributed by atoms with Crippen LogP contribution in [0.25, 0.3) is 0 Å². The van der Waals surface area contributed by atoms with E-state index in [1.54, 1.807) is 0 Å². The predicted molar refractivity (Wildman–Crippen MR) is 66.2 cm³/mol. The number of nitrogens with one attached hydrogen (secondary N) is 1. The standard InChI is InChI=1S/C11H13F2NO5S/c1-20(17,18)14-9(10(15)16)6-7-2-4-8(5-3-7)19-11(12)13/h2-5,9,11,14H,6H2,1H3,(H,15,16)/t9-/m0/s1. The maximum Gasteiger partial charge on any atom is 0.387 e. The zero-order chi connectivity index (χ0) is 15.3. The van der Waals surface area contributed by atoms with Crippen molar-refractivity contribution < 1.29 is 31.8 Å². The van der Waals surface area contributed by atoms with Crippen molar-refractivity contribution >= 4 is 16.0 Å². The molecular formula is C11H13F2NO5S. The molecule has 0 fully saturated rings. The molecule has 20 heavy (non-hydrogen) atoms. The summed E-state index contributed by atoms with van der Waals surface area (Å²) in [6, 6.07) is 3.95. The fourth-order valence-electron chi connectivity index (χ4n) is 1.48. The molecule has 1 rings (SSSR count). The monoisotopic (exact) mass is 309 g/mol. The van der Waals surface area contributed by atoms with Gasteiger partial charge in [0, 0.05) is 0 Å². The lowest BCUT2D eigenvalue weighted by atomic mass is 10.1. The summed E-state index contributed by atoms with van der Waals surface area (Å²) >= 11 is 0. The summed E-state index contributed by atoms with van der Waals surface area (Å²) in [4.78, 5) is 10.9. The van der Waals surface area contributed by atoms with Crippen LogP contribution in [0.1, 0.15) is 5.56 Å². The van der Waals surface area contributed by atoms with E-state index in [0.717, 1.165) is 6.26 Å². The van der Waals surface area contributed by atoms with Gasteiger partial charge in [0.15, 0.2) is 0 Å². The Hall–Kier alpha value is -1.74. The smallest absolute Gasteiger partial charge is 0.387 e. The van der Waals surface area contributed by atoms with Crippen LogP contribution in [0.15, 0.2) is 24.3 Å². The molecule has 0 amide bonds. The van der Waals surface area contributed by atoms with E-state index in [-0.39, 0.29) is 12.2 Å². The highest BCUT2D eigenvalue weighted by Crippen LogP contribution is 2.16. The first-order chi connectivity index (χ1) is 9.17. The fraction of sp³-hybridized carbons (Fsp3) is 0.364. The van der Waals surface area contributed by atoms with Crippen molar-refractivity contribution in [1.82, 2.24) is 4.72 Å². The zero-order valence-corrected chi connectivity index (χ0v) is 11.2. The van der Waals surface area contributed by atoms with Gasteiger partial charge < -0.3 is 9.84 Å². The highest BCUT2D eigenvalue weighted by Gasteiger charge is 2.21. The molecule has 1 aromatic rings. The van der Waals surface area contributed by atoms with Crippen molar-refractivity contribution in [3.8, 4) is 5.75 Å². The summed E-state index contributed by atoms with van der Waals surface area (Å²) in [7, 11) is -3.67. The number of carboxylic acids is 1. The van der Waals surface area contributed by atoms with E-state index < -0.39 is 28.6 Å². The molecule has 0 saturated carbocycles. The first-order valence-corrected chi connectivity index (χ1v) is 7.30. The van der Waals surface area contributed by atoms with Crippen LogP contribution in [-0.2, 0) is 21.2 Å². The Kier molecular flexibility index (Phi) is 5.40. The third kappa shape index (κ3) is 5.93. The van der Waals surface area contributed by atoms with Gasteiger partial charge in [0.2, 0.25) is 10.0 Å². The molecular weight excluding hydrogens is 296 g/mol. The van der Waals surface area contributed by atoms with Gasteiger partial charge in [-0.2, -0.15) is 8.78 Å². The highest BCUT2D eigenvalue weighted by atomic mass is 32.2. The minimum Gasteiger partial charge on any atom is -0.480 e. The molecule has 0 radical (unpaired) electrons. The van der Waals surface area contributed by atoms with Crippen LogP contribution in [0.5, 0.6) is 5.75 Å². The van der Waals surface area contributed by atoms with Gasteiger partial charge in [0.1, 0.15) is 11.8 Å². The normalized spacial score (nSPS) is 13.2. The Labute approximate surface area is 114 Å². The molecule has 9 heteroatoms. The number of sulfonamides is 1. The number of benzene rings is 1. The van der Waals surface area contributed by atoms with Gasteiger partial charge in [0.25, 0.3) is 0 Å². The average Bonchev–Trinajstić information content (AvgIpc) is 2.28. The lowest BCUT2D eigenvalue weighted by Gasteiger charge is -2.13. The van der Waals surface area contributed by atoms with Gasteiger partial charge in [-0.3, -0.25) is 4.79 Å². The maximum absolute atomic E-state index is 11.9. The van der Waals surface area contributed by atoms with Crippen molar-refractivity contribution in [2.45, 2.75) is 19.1 Å². The molecule has 112 valence electrons. The predicted octanol–water partition coefficient (Wildman–Crippen LogP) is 0.833. The minimum absolute atomic E-state index is 0.0632. The van der Waals surface area contributed by atoms with E-state index in [9.17, 15) is 22.0 Å². The van der Waals surface area contributed by atoms with Crippen LogP contribution < -0.4 is 9.46 Å². The zero-order valence-electron chi connectivity index (χ0n) is 10.4. The third-order valence-electron chi connectivity index (χ3n) is 2.24. The first kappa shape index (κ1) is 16.3. The van der Waals surface area contributed by atoms with Crippen LogP contribution in [0, 0.1) is 0 Å². The highest BCUT2D eigenvalue weighted by molar-refractivity contribution is 7.88. The summed E-state index contributed by atoms with van der Waals surface area (Å²) in [5.74, 6) is -1.39. The summed E-state index contributed by atoms with van der Waals surface area (Å²) in [6.07, 6.45) is 0.736. The number of hydrogen-bond donors (Lipinski definition) is 2. The number of hydrogen-bond acceptors (Lipinski definition) is 4. The minimum atomic E-state index is -3.67. The summed E-state index contributed by atoms with van der Waals surface area (Å²) < 4.78 is 52.1. The lowest BCUT2D eigenvalue weighted by Crippen LogP contribution is -2.41. The second-order valence-electron chi connectivity index (χ2n) is 4.01. The molecule has 1 atom stereocenters. The number of aliphatic carboxylic acids is 1. The van der Waals surface area contributed by atoms with Gasteiger partial charge in [-0.25, -0.2) is 13.1 Å². The molecule has 0 aromatic heterocycles. The molecule has 0 spiro atoms. The number of carbonyl (C=O) groups is 1. The topological polar surface area (TPSA) is 92.7 Å². The van der Waals surface area contributed by atoms with Gasteiger partial charge in [-0.05, 0) is 24.1 Å². The second kappa shape index (κ2) is 6.62. The van der Waals surface area contributed by atoms with Crippen molar-refractivity contribution in [1.29, 1.82) is 0 Å². The van der Waals surface area contributed by atoms with Gasteiger partial charge >= 0.3 is 12.6 Å². The summed E-state index contributed by atoms with van der Waals surface area (Å²) in [6.45, 7) is -2.94. The Morgan fingerprint density at radius 2 is 1.90 bits per heavy atom. The molecule has 0 heterocycles. The van der Waals surface area contributed by atoms with Crippen molar-refractivity contribution in [2.75, 3.05) is 6.26 Å². The van der Waals surface area contributed by atoms with Gasteiger partial charge in [-0.1, -0.05) is 12.1 Å². The third-order valence-corrected chi connectivity index (χ3v) is 2.96. The van der Waals surface area contributed by atoms with Crippen molar-refractivity contribution in [3.05, 3.63) is 29.8 Å². The number of ether oxygens (including phenoxy) is 1. The summed E-state index contributed by atoms with van der Waals surface area (Å²) in [5.41, 5.74) is 0.468. The Morgan fingerprint density at radius 1 is 1.35 bits per heavy atom. The Bertz CT molecular complexity index is 559. The molecule has 0 aliphatic carbocycles. The number of rotatable bonds is 7. The molecule has 6 nitrogen and oxygen atoms in total. The van der Waals surface area contributed by atoms with Crippen LogP contribution in [0.2, 0.25) is 0 Å². The molecule has 0 aliphatic heterocycles. The first-order valence-electron chi connectivity index (χ1n) is 5.41. The van der Waals surface area contributed by atoms with Crippen LogP contribution in [-0.4, -0.2) is 38.4 Å². The number of alkyl halides is 2. The fourth-order valence-corrected chi connectivity index (χ4v) is 2.18. The Morgan fingerprint density at radius 3 is 2.30 bits per heavy atom. The molecule has 0 unspecified atom stereocenters.